The first-order valence-corrected chi connectivity index (χ1v) is 10.9. The van der Waals surface area contributed by atoms with Crippen LogP contribution in [0.3, 0.4) is 0 Å². The van der Waals surface area contributed by atoms with Gasteiger partial charge in [-0.1, -0.05) is 30.0 Å². The molecule has 152 valence electrons. The number of halogens is 1. The highest BCUT2D eigenvalue weighted by Gasteiger charge is 2.18. The van der Waals surface area contributed by atoms with Gasteiger partial charge in [0.1, 0.15) is 23.3 Å². The Labute approximate surface area is 181 Å². The van der Waals surface area contributed by atoms with Crippen molar-refractivity contribution in [3.05, 3.63) is 59.2 Å². The van der Waals surface area contributed by atoms with Crippen LogP contribution in [0.15, 0.2) is 52.9 Å². The number of nitriles is 1. The summed E-state index contributed by atoms with van der Waals surface area (Å²) in [5.74, 6) is -1.27. The Morgan fingerprint density at radius 2 is 2.03 bits per heavy atom. The number of hydrogen-bond acceptors (Lipinski definition) is 7. The summed E-state index contributed by atoms with van der Waals surface area (Å²) < 4.78 is 18.2. The molecule has 0 saturated heterocycles. The van der Waals surface area contributed by atoms with Gasteiger partial charge in [-0.3, -0.25) is 9.59 Å². The number of Topliss-reactive ketones (excluding diaryl/α,β-unsaturated/α-hetero) is 1. The summed E-state index contributed by atoms with van der Waals surface area (Å²) in [4.78, 5) is 29.1. The topological polar surface area (TPSA) is 80.1 Å². The van der Waals surface area contributed by atoms with Crippen molar-refractivity contribution in [3.8, 4) is 27.8 Å². The lowest BCUT2D eigenvalue weighted by Gasteiger charge is -2.11. The van der Waals surface area contributed by atoms with E-state index in [2.05, 4.69) is 11.1 Å². The Morgan fingerprint density at radius 1 is 1.27 bits per heavy atom. The lowest BCUT2D eigenvalue weighted by Crippen LogP contribution is -2.13. The van der Waals surface area contributed by atoms with Crippen LogP contribution in [0, 0.1) is 17.1 Å². The third kappa shape index (κ3) is 5.32. The van der Waals surface area contributed by atoms with E-state index in [4.69, 9.17) is 4.74 Å². The van der Waals surface area contributed by atoms with Crippen molar-refractivity contribution in [2.24, 2.45) is 0 Å². The number of thiophene rings is 1. The van der Waals surface area contributed by atoms with Crippen LogP contribution in [0.25, 0.3) is 21.7 Å². The molecule has 30 heavy (non-hydrogen) atoms. The zero-order chi connectivity index (χ0) is 21.5. The molecule has 0 bridgehead atoms. The van der Waals surface area contributed by atoms with Gasteiger partial charge in [-0.2, -0.15) is 5.26 Å². The molecule has 0 radical (unpaired) electrons. The predicted octanol–water partition coefficient (Wildman–Crippen LogP) is 5.10. The van der Waals surface area contributed by atoms with E-state index in [1.165, 1.54) is 23.5 Å². The molecule has 8 heteroatoms. The Hall–Kier alpha value is -3.02. The van der Waals surface area contributed by atoms with Crippen molar-refractivity contribution in [2.75, 3.05) is 12.4 Å². The maximum absolute atomic E-state index is 13.4. The van der Waals surface area contributed by atoms with Crippen molar-refractivity contribution < 1.29 is 18.7 Å². The maximum Gasteiger partial charge on any atom is 0.313 e. The van der Waals surface area contributed by atoms with Crippen molar-refractivity contribution in [1.82, 2.24) is 4.98 Å². The number of hydrogen-bond donors (Lipinski definition) is 0. The molecule has 0 amide bonds. The van der Waals surface area contributed by atoms with Crippen LogP contribution < -0.4 is 0 Å². The van der Waals surface area contributed by atoms with E-state index in [9.17, 15) is 19.2 Å². The quantitative estimate of drug-likeness (QED) is 0.275. The molecule has 0 spiro atoms. The second-order valence-electron chi connectivity index (χ2n) is 6.14. The Balaban J connectivity index is 1.97. The fourth-order valence-electron chi connectivity index (χ4n) is 2.71. The predicted molar refractivity (Wildman–Crippen MR) is 115 cm³/mol. The minimum Gasteiger partial charge on any atom is -0.466 e. The summed E-state index contributed by atoms with van der Waals surface area (Å²) in [7, 11) is 0. The molecule has 0 aliphatic carbocycles. The van der Waals surface area contributed by atoms with Crippen molar-refractivity contribution in [3.63, 3.8) is 0 Å². The van der Waals surface area contributed by atoms with E-state index in [-0.39, 0.29) is 30.4 Å². The number of ketones is 1. The van der Waals surface area contributed by atoms with Gasteiger partial charge in [-0.05, 0) is 42.1 Å². The first-order chi connectivity index (χ1) is 14.5. The fraction of sp³-hybridized carbons (Fsp3) is 0.182. The number of aromatic nitrogens is 1. The zero-order valence-corrected chi connectivity index (χ0v) is 17.7. The van der Waals surface area contributed by atoms with Crippen LogP contribution in [-0.2, 0) is 14.3 Å². The average Bonchev–Trinajstić information content (AvgIpc) is 3.27. The third-order valence-electron chi connectivity index (χ3n) is 4.04. The zero-order valence-electron chi connectivity index (χ0n) is 16.1. The van der Waals surface area contributed by atoms with Crippen LogP contribution in [-0.4, -0.2) is 29.1 Å². The molecule has 2 heterocycles. The van der Waals surface area contributed by atoms with Crippen LogP contribution in [0.1, 0.15) is 18.9 Å². The summed E-state index contributed by atoms with van der Waals surface area (Å²) in [5.41, 5.74) is 2.24. The molecule has 3 aromatic rings. The number of carbonyl (C=O) groups excluding carboxylic acids is 2. The Bertz CT molecular complexity index is 1090. The molecule has 3 rings (SSSR count). The lowest BCUT2D eigenvalue weighted by molar-refractivity contribution is -0.145. The molecule has 0 atom stereocenters. The van der Waals surface area contributed by atoms with E-state index in [1.807, 2.05) is 17.5 Å². The highest BCUT2D eigenvalue weighted by molar-refractivity contribution is 8.00. The van der Waals surface area contributed by atoms with Crippen LogP contribution >= 0.6 is 23.1 Å². The van der Waals surface area contributed by atoms with Gasteiger partial charge in [0.05, 0.1) is 28.5 Å². The van der Waals surface area contributed by atoms with Crippen LogP contribution in [0.4, 0.5) is 4.39 Å². The van der Waals surface area contributed by atoms with Gasteiger partial charge in [0.25, 0.3) is 0 Å². The summed E-state index contributed by atoms with van der Waals surface area (Å²) in [6, 6.07) is 13.6. The van der Waals surface area contributed by atoms with E-state index in [1.54, 1.807) is 25.1 Å². The lowest BCUT2D eigenvalue weighted by atomic mass is 10.0. The number of rotatable bonds is 8. The molecular formula is C22H17FN2O3S2. The minimum absolute atomic E-state index is 0.0166. The van der Waals surface area contributed by atoms with E-state index in [0.29, 0.717) is 27.4 Å². The van der Waals surface area contributed by atoms with Crippen molar-refractivity contribution >= 4 is 34.9 Å². The number of esters is 1. The molecule has 1 aromatic carbocycles. The Morgan fingerprint density at radius 3 is 2.67 bits per heavy atom. The van der Waals surface area contributed by atoms with Gasteiger partial charge in [0.2, 0.25) is 0 Å². The minimum atomic E-state index is -0.573. The van der Waals surface area contributed by atoms with E-state index in [0.717, 1.165) is 16.6 Å². The standard InChI is InChI=1S/C22H17FN2O3S2/c1-2-28-21(27)10-16(26)13-30-22-18(12-24)17(14-5-7-15(23)8-6-14)11-19(25-22)20-4-3-9-29-20/h3-9,11H,2,10,13H2,1H3. The van der Waals surface area contributed by atoms with E-state index >= 15 is 0 Å². The van der Waals surface area contributed by atoms with Gasteiger partial charge >= 0.3 is 5.97 Å². The van der Waals surface area contributed by atoms with E-state index < -0.39 is 5.97 Å². The SMILES string of the molecule is CCOC(=O)CC(=O)CSc1nc(-c2cccs2)cc(-c2ccc(F)cc2)c1C#N. The van der Waals surface area contributed by atoms with Crippen molar-refractivity contribution in [1.29, 1.82) is 5.26 Å². The first kappa shape index (κ1) is 21.7. The Kier molecular flexibility index (Phi) is 7.33. The van der Waals surface area contributed by atoms with Gasteiger partial charge in [0, 0.05) is 5.56 Å². The molecule has 0 unspecified atom stereocenters. The highest BCUT2D eigenvalue weighted by Crippen LogP contribution is 2.35. The normalized spacial score (nSPS) is 10.4. The number of nitrogens with zero attached hydrogens (tertiary/aromatic N) is 2. The summed E-state index contributed by atoms with van der Waals surface area (Å²) >= 11 is 2.60. The van der Waals surface area contributed by atoms with Gasteiger partial charge in [0.15, 0.2) is 5.78 Å². The summed E-state index contributed by atoms with van der Waals surface area (Å²) in [6.07, 6.45) is -0.321. The number of benzene rings is 1. The molecule has 2 aromatic heterocycles. The molecule has 0 N–H and O–H groups in total. The van der Waals surface area contributed by atoms with Gasteiger partial charge in [-0.25, -0.2) is 9.37 Å². The smallest absolute Gasteiger partial charge is 0.313 e. The highest BCUT2D eigenvalue weighted by atomic mass is 32.2. The second-order valence-corrected chi connectivity index (χ2v) is 8.05. The largest absolute Gasteiger partial charge is 0.466 e. The molecule has 0 fully saturated rings. The molecule has 0 aliphatic rings. The maximum atomic E-state index is 13.4. The third-order valence-corrected chi connectivity index (χ3v) is 5.97. The number of pyridine rings is 1. The molecule has 0 aliphatic heterocycles. The second kappa shape index (κ2) is 10.1. The summed E-state index contributed by atoms with van der Waals surface area (Å²) in [5, 5.41) is 12.1. The number of ether oxygens (including phenoxy) is 1. The molecule has 0 saturated carbocycles. The van der Waals surface area contributed by atoms with Crippen LogP contribution in [0.5, 0.6) is 0 Å². The number of carbonyl (C=O) groups is 2. The van der Waals surface area contributed by atoms with Gasteiger partial charge < -0.3 is 4.74 Å². The molecular weight excluding hydrogens is 423 g/mol. The average molecular weight is 441 g/mol. The van der Waals surface area contributed by atoms with Crippen molar-refractivity contribution in [2.45, 2.75) is 18.4 Å². The number of thioether (sulfide) groups is 1. The first-order valence-electron chi connectivity index (χ1n) is 9.07. The summed E-state index contributed by atoms with van der Waals surface area (Å²) in [6.45, 7) is 1.89. The molecule has 5 nitrogen and oxygen atoms in total. The van der Waals surface area contributed by atoms with Crippen LogP contribution in [0.2, 0.25) is 0 Å². The van der Waals surface area contributed by atoms with Gasteiger partial charge in [-0.15, -0.1) is 11.3 Å². The monoisotopic (exact) mass is 440 g/mol. The fourth-order valence-corrected chi connectivity index (χ4v) is 4.26.